The Bertz CT molecular complexity index is 1270. The summed E-state index contributed by atoms with van der Waals surface area (Å²) in [7, 11) is 3.33. The van der Waals surface area contributed by atoms with Crippen LogP contribution >= 0.6 is 0 Å². The maximum absolute atomic E-state index is 13.6. The van der Waals surface area contributed by atoms with Crippen molar-refractivity contribution in [2.24, 2.45) is 5.41 Å². The van der Waals surface area contributed by atoms with Crippen LogP contribution in [0.25, 0.3) is 5.70 Å². The van der Waals surface area contributed by atoms with E-state index in [1.165, 1.54) is 5.56 Å². The molecule has 0 fully saturated rings. The van der Waals surface area contributed by atoms with E-state index >= 15 is 0 Å². The summed E-state index contributed by atoms with van der Waals surface area (Å²) in [5.74, 6) is 3.04. The zero-order valence-corrected chi connectivity index (χ0v) is 20.1. The summed E-state index contributed by atoms with van der Waals surface area (Å²) in [4.78, 5) is 15.9. The molecule has 2 aromatic carbocycles. The summed E-state index contributed by atoms with van der Waals surface area (Å²) in [5, 5.41) is 0. The molecule has 6 nitrogen and oxygen atoms in total. The van der Waals surface area contributed by atoms with Gasteiger partial charge in [0.05, 0.1) is 14.2 Å². The van der Waals surface area contributed by atoms with Crippen LogP contribution in [0.3, 0.4) is 0 Å². The highest BCUT2D eigenvalue weighted by Gasteiger charge is 2.43. The first-order valence-electron chi connectivity index (χ1n) is 11.8. The highest BCUT2D eigenvalue weighted by atomic mass is 16.7. The Kier molecular flexibility index (Phi) is 4.70. The van der Waals surface area contributed by atoms with Gasteiger partial charge >= 0.3 is 0 Å². The maximum atomic E-state index is 13.6. The van der Waals surface area contributed by atoms with Crippen molar-refractivity contribution in [1.29, 1.82) is 0 Å². The predicted molar refractivity (Wildman–Crippen MR) is 128 cm³/mol. The zero-order chi connectivity index (χ0) is 23.6. The van der Waals surface area contributed by atoms with E-state index in [9.17, 15) is 4.79 Å². The number of rotatable bonds is 3. The molecule has 0 amide bonds. The average Bonchev–Trinajstić information content (AvgIpc) is 3.29. The molecule has 0 saturated carbocycles. The minimum atomic E-state index is -0.140. The largest absolute Gasteiger partial charge is 0.493 e. The van der Waals surface area contributed by atoms with Crippen LogP contribution in [-0.4, -0.2) is 38.2 Å². The number of nitrogens with zero attached hydrogens (tertiary/aromatic N) is 1. The molecule has 34 heavy (non-hydrogen) atoms. The standard InChI is InChI=1S/C28H29NO5/c1-28(2)13-21-27(22(30)14-28)19(16-5-6-23-26(10-16)34-15-33-23)11-20-18-12-25(32-4)24(31-3)9-17(18)7-8-29(20)21/h5-6,9-12,19H,7-8,13-15H2,1-4H3. The lowest BCUT2D eigenvalue weighted by Gasteiger charge is -2.46. The van der Waals surface area contributed by atoms with Gasteiger partial charge in [-0.3, -0.25) is 4.79 Å². The molecule has 176 valence electrons. The van der Waals surface area contributed by atoms with Crippen molar-refractivity contribution in [2.45, 2.75) is 39.0 Å². The Morgan fingerprint density at radius 3 is 2.56 bits per heavy atom. The topological polar surface area (TPSA) is 57.2 Å². The number of ether oxygens (including phenoxy) is 4. The predicted octanol–water partition coefficient (Wildman–Crippen LogP) is 5.07. The van der Waals surface area contributed by atoms with Gasteiger partial charge in [-0.2, -0.15) is 0 Å². The second-order valence-corrected chi connectivity index (χ2v) is 10.2. The molecule has 0 spiro atoms. The number of hydrogen-bond acceptors (Lipinski definition) is 6. The minimum Gasteiger partial charge on any atom is -0.493 e. The van der Waals surface area contributed by atoms with Gasteiger partial charge in [0.25, 0.3) is 0 Å². The number of methoxy groups -OCH3 is 2. The Morgan fingerprint density at radius 2 is 1.76 bits per heavy atom. The lowest BCUT2D eigenvalue weighted by Crippen LogP contribution is -2.40. The molecule has 0 aromatic heterocycles. The van der Waals surface area contributed by atoms with Crippen LogP contribution in [0.5, 0.6) is 23.0 Å². The van der Waals surface area contributed by atoms with Crippen molar-refractivity contribution >= 4 is 11.5 Å². The zero-order valence-electron chi connectivity index (χ0n) is 20.1. The van der Waals surface area contributed by atoms with Crippen LogP contribution in [0.4, 0.5) is 0 Å². The molecule has 0 N–H and O–H groups in total. The lowest BCUT2D eigenvalue weighted by atomic mass is 9.69. The molecule has 1 aliphatic carbocycles. The first-order chi connectivity index (χ1) is 16.4. The van der Waals surface area contributed by atoms with E-state index in [1.54, 1.807) is 14.2 Å². The summed E-state index contributed by atoms with van der Waals surface area (Å²) in [6.07, 6.45) is 4.56. The first-order valence-corrected chi connectivity index (χ1v) is 11.8. The molecule has 3 aliphatic heterocycles. The Balaban J connectivity index is 1.54. The highest BCUT2D eigenvalue weighted by molar-refractivity contribution is 6.01. The summed E-state index contributed by atoms with van der Waals surface area (Å²) in [6.45, 7) is 5.45. The summed E-state index contributed by atoms with van der Waals surface area (Å²) >= 11 is 0. The monoisotopic (exact) mass is 459 g/mol. The van der Waals surface area contributed by atoms with E-state index in [1.807, 2.05) is 12.1 Å². The smallest absolute Gasteiger partial charge is 0.231 e. The highest BCUT2D eigenvalue weighted by Crippen LogP contribution is 2.51. The Morgan fingerprint density at radius 1 is 1.00 bits per heavy atom. The molecular formula is C28H29NO5. The van der Waals surface area contributed by atoms with Crippen molar-refractivity contribution in [3.05, 3.63) is 64.4 Å². The van der Waals surface area contributed by atoms with Gasteiger partial charge in [0.1, 0.15) is 0 Å². The number of carbonyl (C=O) groups is 1. The lowest BCUT2D eigenvalue weighted by molar-refractivity contribution is -0.118. The van der Waals surface area contributed by atoms with Gasteiger partial charge in [-0.15, -0.1) is 0 Å². The Labute approximate surface area is 199 Å². The molecular weight excluding hydrogens is 430 g/mol. The molecule has 1 unspecified atom stereocenters. The van der Waals surface area contributed by atoms with E-state index < -0.39 is 0 Å². The number of hydrogen-bond donors (Lipinski definition) is 0. The van der Waals surface area contributed by atoms with Crippen molar-refractivity contribution < 1.29 is 23.7 Å². The quantitative estimate of drug-likeness (QED) is 0.639. The number of fused-ring (bicyclic) bond motifs is 5. The summed E-state index contributed by atoms with van der Waals surface area (Å²) in [5.41, 5.74) is 6.55. The van der Waals surface area contributed by atoms with Crippen molar-refractivity contribution in [3.8, 4) is 23.0 Å². The van der Waals surface area contributed by atoms with Crippen LogP contribution in [0, 0.1) is 5.41 Å². The average molecular weight is 460 g/mol. The minimum absolute atomic E-state index is 0.0737. The van der Waals surface area contributed by atoms with Crippen LogP contribution in [-0.2, 0) is 11.2 Å². The summed E-state index contributed by atoms with van der Waals surface area (Å²) in [6, 6.07) is 10.2. The molecule has 0 radical (unpaired) electrons. The SMILES string of the molecule is COc1cc2c(cc1OC)C1=CC(c3ccc4c(c3)OCO4)C3=C(CC(C)(C)CC3=O)N1CC2. The summed E-state index contributed by atoms with van der Waals surface area (Å²) < 4.78 is 22.4. The van der Waals surface area contributed by atoms with Crippen molar-refractivity contribution in [1.82, 2.24) is 4.90 Å². The molecule has 2 aromatic rings. The number of allylic oxidation sites excluding steroid dienone is 3. The molecule has 1 atom stereocenters. The van der Waals surface area contributed by atoms with E-state index in [-0.39, 0.29) is 23.9 Å². The third-order valence-corrected chi connectivity index (χ3v) is 7.39. The van der Waals surface area contributed by atoms with Crippen LogP contribution in [0.15, 0.2) is 47.7 Å². The molecule has 4 aliphatic rings. The normalized spacial score (nSPS) is 22.0. The first kappa shape index (κ1) is 21.1. The third kappa shape index (κ3) is 3.19. The second kappa shape index (κ2) is 7.55. The van der Waals surface area contributed by atoms with Gasteiger partial charge < -0.3 is 23.8 Å². The van der Waals surface area contributed by atoms with Crippen LogP contribution in [0.1, 0.15) is 49.3 Å². The maximum Gasteiger partial charge on any atom is 0.231 e. The second-order valence-electron chi connectivity index (χ2n) is 10.2. The van der Waals surface area contributed by atoms with E-state index in [0.29, 0.717) is 12.2 Å². The van der Waals surface area contributed by atoms with Gasteiger partial charge in [-0.05, 0) is 59.7 Å². The number of Topliss-reactive ketones (excluding diaryl/α,β-unsaturated/α-hetero) is 1. The third-order valence-electron chi connectivity index (χ3n) is 7.39. The van der Waals surface area contributed by atoms with Gasteiger partial charge in [0.2, 0.25) is 6.79 Å². The molecule has 0 saturated heterocycles. The van der Waals surface area contributed by atoms with E-state index in [2.05, 4.69) is 43.0 Å². The van der Waals surface area contributed by atoms with Gasteiger partial charge in [0, 0.05) is 41.4 Å². The fraction of sp³-hybridized carbons (Fsp3) is 0.393. The van der Waals surface area contributed by atoms with Crippen molar-refractivity contribution in [2.75, 3.05) is 27.6 Å². The number of ketones is 1. The van der Waals surface area contributed by atoms with Crippen molar-refractivity contribution in [3.63, 3.8) is 0 Å². The van der Waals surface area contributed by atoms with Gasteiger partial charge in [-0.1, -0.05) is 19.9 Å². The fourth-order valence-electron chi connectivity index (χ4n) is 5.83. The van der Waals surface area contributed by atoms with E-state index in [4.69, 9.17) is 18.9 Å². The number of carbonyl (C=O) groups excluding carboxylic acids is 1. The molecule has 6 heteroatoms. The Hall–Kier alpha value is -3.41. The van der Waals surface area contributed by atoms with Gasteiger partial charge in [-0.25, -0.2) is 0 Å². The molecule has 0 bridgehead atoms. The van der Waals surface area contributed by atoms with Crippen LogP contribution < -0.4 is 18.9 Å². The van der Waals surface area contributed by atoms with E-state index in [0.717, 1.165) is 64.7 Å². The van der Waals surface area contributed by atoms with Gasteiger partial charge in [0.15, 0.2) is 28.8 Å². The molecule has 6 rings (SSSR count). The fourth-order valence-corrected chi connectivity index (χ4v) is 5.83. The molecule has 3 heterocycles. The van der Waals surface area contributed by atoms with Crippen LogP contribution in [0.2, 0.25) is 0 Å². The number of benzene rings is 2.